The highest BCUT2D eigenvalue weighted by atomic mass is 16.7. The summed E-state index contributed by atoms with van der Waals surface area (Å²) in [5.41, 5.74) is 10.2. The van der Waals surface area contributed by atoms with Crippen LogP contribution in [0.3, 0.4) is 0 Å². The number of aromatic nitrogens is 2. The standard InChI is InChI=1S/C9H10N6O5/c10-6-5(7(11)17)12-2-15(6)20-8(18)3-1-4(16)14-9(19)13-3/h2-3H,1,10H2,(H2,11,17)(H2,13,14,16,19). The first-order valence-electron chi connectivity index (χ1n) is 5.33. The Labute approximate surface area is 111 Å². The summed E-state index contributed by atoms with van der Waals surface area (Å²) in [6, 6.07) is -1.96. The molecule has 0 aliphatic carbocycles. The first-order chi connectivity index (χ1) is 9.38. The van der Waals surface area contributed by atoms with Gasteiger partial charge in [0, 0.05) is 0 Å². The van der Waals surface area contributed by atoms with Crippen LogP contribution in [0, 0.1) is 0 Å². The molecule has 1 saturated heterocycles. The van der Waals surface area contributed by atoms with Gasteiger partial charge in [-0.2, -0.15) is 0 Å². The Morgan fingerprint density at radius 2 is 2.15 bits per heavy atom. The van der Waals surface area contributed by atoms with Gasteiger partial charge in [0.15, 0.2) is 11.5 Å². The van der Waals surface area contributed by atoms with Crippen LogP contribution >= 0.6 is 0 Å². The number of nitrogens with zero attached hydrogens (tertiary/aromatic N) is 2. The quantitative estimate of drug-likeness (QED) is 0.460. The average Bonchev–Trinajstić information content (AvgIpc) is 2.70. The number of amides is 4. The second kappa shape index (κ2) is 4.87. The van der Waals surface area contributed by atoms with Crippen LogP contribution in [0.15, 0.2) is 6.33 Å². The number of imidazole rings is 1. The molecule has 6 N–H and O–H groups in total. The molecular formula is C9H10N6O5. The predicted octanol–water partition coefficient (Wildman–Crippen LogP) is -2.88. The molecule has 0 radical (unpaired) electrons. The fraction of sp³-hybridized carbons (Fsp3) is 0.222. The molecule has 11 heteroatoms. The van der Waals surface area contributed by atoms with E-state index in [0.29, 0.717) is 0 Å². The Morgan fingerprint density at radius 1 is 1.45 bits per heavy atom. The van der Waals surface area contributed by atoms with E-state index in [4.69, 9.17) is 16.3 Å². The molecule has 0 saturated carbocycles. The van der Waals surface area contributed by atoms with Gasteiger partial charge in [0.2, 0.25) is 5.91 Å². The molecule has 1 aliphatic heterocycles. The number of anilines is 1. The number of hydrogen-bond donors (Lipinski definition) is 4. The Balaban J connectivity index is 2.10. The monoisotopic (exact) mass is 282 g/mol. The second-order valence-electron chi connectivity index (χ2n) is 3.86. The van der Waals surface area contributed by atoms with E-state index in [9.17, 15) is 19.2 Å². The van der Waals surface area contributed by atoms with Gasteiger partial charge in [-0.1, -0.05) is 0 Å². The maximum Gasteiger partial charge on any atom is 0.355 e. The predicted molar refractivity (Wildman–Crippen MR) is 61.8 cm³/mol. The third-order valence-electron chi connectivity index (χ3n) is 2.43. The molecule has 0 spiro atoms. The van der Waals surface area contributed by atoms with Crippen LogP contribution < -0.4 is 26.9 Å². The number of imide groups is 1. The lowest BCUT2D eigenvalue weighted by atomic mass is 10.2. The van der Waals surface area contributed by atoms with Crippen molar-refractivity contribution in [2.24, 2.45) is 5.73 Å². The number of carbonyl (C=O) groups is 4. The van der Waals surface area contributed by atoms with Crippen LogP contribution in [0.2, 0.25) is 0 Å². The highest BCUT2D eigenvalue weighted by Gasteiger charge is 2.31. The topological polar surface area (TPSA) is 171 Å². The average molecular weight is 282 g/mol. The molecule has 1 unspecified atom stereocenters. The number of hydrogen-bond acceptors (Lipinski definition) is 7. The zero-order chi connectivity index (χ0) is 14.9. The fourth-order valence-corrected chi connectivity index (χ4v) is 1.52. The highest BCUT2D eigenvalue weighted by molar-refractivity contribution is 6.01. The van der Waals surface area contributed by atoms with Gasteiger partial charge in [-0.25, -0.2) is 14.6 Å². The zero-order valence-corrected chi connectivity index (χ0v) is 9.95. The number of nitrogens with two attached hydrogens (primary N) is 2. The third kappa shape index (κ3) is 2.50. The maximum absolute atomic E-state index is 11.8. The van der Waals surface area contributed by atoms with Crippen molar-refractivity contribution in [3.05, 3.63) is 12.0 Å². The number of carbonyl (C=O) groups excluding carboxylic acids is 4. The van der Waals surface area contributed by atoms with E-state index in [1.807, 2.05) is 5.32 Å². The van der Waals surface area contributed by atoms with Gasteiger partial charge in [0.25, 0.3) is 5.91 Å². The number of primary amides is 1. The van der Waals surface area contributed by atoms with Gasteiger partial charge < -0.3 is 21.6 Å². The van der Waals surface area contributed by atoms with Crippen molar-refractivity contribution >= 4 is 29.6 Å². The van der Waals surface area contributed by atoms with Crippen molar-refractivity contribution in [1.82, 2.24) is 20.3 Å². The second-order valence-corrected chi connectivity index (χ2v) is 3.86. The normalized spacial score (nSPS) is 18.1. The molecule has 20 heavy (non-hydrogen) atoms. The minimum atomic E-state index is -1.16. The Bertz CT molecular complexity index is 592. The number of nitrogens with one attached hydrogen (secondary N) is 2. The van der Waals surface area contributed by atoms with Crippen molar-refractivity contribution < 1.29 is 24.0 Å². The molecule has 1 aromatic heterocycles. The van der Waals surface area contributed by atoms with Gasteiger partial charge in [-0.3, -0.25) is 14.9 Å². The van der Waals surface area contributed by atoms with E-state index in [0.717, 1.165) is 11.1 Å². The number of rotatable bonds is 3. The Kier molecular flexibility index (Phi) is 3.25. The smallest absolute Gasteiger partial charge is 0.355 e. The minimum absolute atomic E-state index is 0.261. The lowest BCUT2D eigenvalue weighted by molar-refractivity contribution is -0.148. The SMILES string of the molecule is NC(=O)c1ncn(OC(=O)C2CC(=O)NC(=O)N2)c1N. The van der Waals surface area contributed by atoms with Crippen molar-refractivity contribution in [1.29, 1.82) is 0 Å². The van der Waals surface area contributed by atoms with E-state index in [1.165, 1.54) is 0 Å². The van der Waals surface area contributed by atoms with Gasteiger partial charge >= 0.3 is 12.0 Å². The maximum atomic E-state index is 11.8. The minimum Gasteiger partial charge on any atom is -0.381 e. The lowest BCUT2D eigenvalue weighted by Crippen LogP contribution is -2.56. The molecule has 0 bridgehead atoms. The summed E-state index contributed by atoms with van der Waals surface area (Å²) in [7, 11) is 0. The van der Waals surface area contributed by atoms with Gasteiger partial charge in [0.1, 0.15) is 12.4 Å². The summed E-state index contributed by atoms with van der Waals surface area (Å²) in [6.45, 7) is 0. The zero-order valence-electron chi connectivity index (χ0n) is 9.95. The van der Waals surface area contributed by atoms with Gasteiger partial charge in [-0.05, 0) is 0 Å². The van der Waals surface area contributed by atoms with E-state index in [-0.39, 0.29) is 17.9 Å². The molecule has 1 aromatic rings. The van der Waals surface area contributed by atoms with Crippen LogP contribution in [0.1, 0.15) is 16.9 Å². The van der Waals surface area contributed by atoms with Gasteiger partial charge in [0.05, 0.1) is 6.42 Å². The Morgan fingerprint density at radius 3 is 2.70 bits per heavy atom. The van der Waals surface area contributed by atoms with Gasteiger partial charge in [-0.15, -0.1) is 4.73 Å². The lowest BCUT2D eigenvalue weighted by Gasteiger charge is -2.21. The molecule has 2 heterocycles. The number of nitrogen functional groups attached to an aromatic ring is 1. The van der Waals surface area contributed by atoms with Crippen LogP contribution in [0.4, 0.5) is 10.6 Å². The van der Waals surface area contributed by atoms with Crippen molar-refractivity contribution in [2.75, 3.05) is 5.73 Å². The number of urea groups is 1. The Hall–Kier alpha value is -3.11. The van der Waals surface area contributed by atoms with Crippen LogP contribution in [-0.2, 0) is 9.59 Å². The van der Waals surface area contributed by atoms with Crippen LogP contribution in [0.5, 0.6) is 0 Å². The summed E-state index contributed by atoms with van der Waals surface area (Å²) in [6.07, 6.45) is 0.694. The molecule has 1 aliphatic rings. The fourth-order valence-electron chi connectivity index (χ4n) is 1.52. The van der Waals surface area contributed by atoms with Crippen molar-refractivity contribution in [3.63, 3.8) is 0 Å². The van der Waals surface area contributed by atoms with E-state index in [2.05, 4.69) is 10.3 Å². The molecule has 2 rings (SSSR count). The molecule has 106 valence electrons. The van der Waals surface area contributed by atoms with Crippen LogP contribution in [-0.4, -0.2) is 39.6 Å². The molecule has 1 fully saturated rings. The summed E-state index contributed by atoms with van der Waals surface area (Å²) < 4.78 is 0.723. The molecule has 4 amide bonds. The highest BCUT2D eigenvalue weighted by Crippen LogP contribution is 2.08. The summed E-state index contributed by atoms with van der Waals surface area (Å²) in [5, 5.41) is 4.16. The van der Waals surface area contributed by atoms with E-state index in [1.54, 1.807) is 0 Å². The van der Waals surface area contributed by atoms with Crippen LogP contribution in [0.25, 0.3) is 0 Å². The van der Waals surface area contributed by atoms with Crippen molar-refractivity contribution in [2.45, 2.75) is 12.5 Å². The summed E-state index contributed by atoms with van der Waals surface area (Å²) >= 11 is 0. The molecular weight excluding hydrogens is 272 g/mol. The van der Waals surface area contributed by atoms with E-state index >= 15 is 0 Å². The summed E-state index contributed by atoms with van der Waals surface area (Å²) in [4.78, 5) is 53.2. The summed E-state index contributed by atoms with van der Waals surface area (Å²) in [5.74, 6) is -2.71. The van der Waals surface area contributed by atoms with E-state index < -0.39 is 29.9 Å². The van der Waals surface area contributed by atoms with Crippen molar-refractivity contribution in [3.8, 4) is 0 Å². The third-order valence-corrected chi connectivity index (χ3v) is 2.43. The molecule has 0 aromatic carbocycles. The first kappa shape index (κ1) is 13.3. The largest absolute Gasteiger partial charge is 0.381 e. The first-order valence-corrected chi connectivity index (χ1v) is 5.33. The molecule has 11 nitrogen and oxygen atoms in total. The molecule has 1 atom stereocenters.